The summed E-state index contributed by atoms with van der Waals surface area (Å²) in [4.78, 5) is 12.1. The Labute approximate surface area is 174 Å². The standard InChI is InChI=1S/C24H32N2O3/c1-3-5-6-7-8-18-29-23-15-11-21(12-16-23)26-24(27)19-25-20-9-13-22(14-10-20)28-17-4-2/h4,9-16,25H,2-3,5-8,17-19H2,1H3,(H,26,27). The second-order valence-electron chi connectivity index (χ2n) is 6.81. The number of ether oxygens (including phenoxy) is 2. The predicted octanol–water partition coefficient (Wildman–Crippen LogP) is 5.65. The van der Waals surface area contributed by atoms with Crippen molar-refractivity contribution in [1.82, 2.24) is 0 Å². The number of benzene rings is 2. The van der Waals surface area contributed by atoms with Gasteiger partial charge in [-0.2, -0.15) is 0 Å². The van der Waals surface area contributed by atoms with E-state index in [2.05, 4.69) is 24.1 Å². The highest BCUT2D eigenvalue weighted by atomic mass is 16.5. The number of amides is 1. The van der Waals surface area contributed by atoms with Crippen molar-refractivity contribution in [2.75, 3.05) is 30.4 Å². The molecule has 2 aromatic carbocycles. The minimum atomic E-state index is -0.110. The maximum Gasteiger partial charge on any atom is 0.243 e. The quantitative estimate of drug-likeness (QED) is 0.320. The van der Waals surface area contributed by atoms with Crippen molar-refractivity contribution in [3.63, 3.8) is 0 Å². The van der Waals surface area contributed by atoms with Crippen LogP contribution in [0.5, 0.6) is 11.5 Å². The SMILES string of the molecule is C=CCOc1ccc(NCC(=O)Nc2ccc(OCCCCCCC)cc2)cc1. The number of unbranched alkanes of at least 4 members (excludes halogenated alkanes) is 4. The molecule has 29 heavy (non-hydrogen) atoms. The fourth-order valence-electron chi connectivity index (χ4n) is 2.74. The molecule has 5 heteroatoms. The third kappa shape index (κ3) is 9.19. The van der Waals surface area contributed by atoms with E-state index in [0.717, 1.165) is 35.9 Å². The lowest BCUT2D eigenvalue weighted by Crippen LogP contribution is -2.21. The molecule has 2 rings (SSSR count). The molecule has 0 aliphatic heterocycles. The van der Waals surface area contributed by atoms with E-state index in [1.807, 2.05) is 48.5 Å². The summed E-state index contributed by atoms with van der Waals surface area (Å²) in [6.45, 7) is 7.22. The Balaban J connectivity index is 1.67. The number of carbonyl (C=O) groups excluding carboxylic acids is 1. The first-order valence-corrected chi connectivity index (χ1v) is 10.3. The van der Waals surface area contributed by atoms with Crippen molar-refractivity contribution in [2.24, 2.45) is 0 Å². The Kier molecular flexibility index (Phi) is 10.2. The summed E-state index contributed by atoms with van der Waals surface area (Å²) in [5, 5.41) is 5.97. The molecule has 0 fully saturated rings. The molecule has 2 aromatic rings. The molecule has 0 saturated heterocycles. The van der Waals surface area contributed by atoms with Crippen LogP contribution in [0.4, 0.5) is 11.4 Å². The molecule has 5 nitrogen and oxygen atoms in total. The van der Waals surface area contributed by atoms with E-state index in [-0.39, 0.29) is 12.5 Å². The minimum Gasteiger partial charge on any atom is -0.494 e. The van der Waals surface area contributed by atoms with Crippen LogP contribution in [0.15, 0.2) is 61.2 Å². The van der Waals surface area contributed by atoms with Crippen LogP contribution in [0, 0.1) is 0 Å². The summed E-state index contributed by atoms with van der Waals surface area (Å²) in [5.41, 5.74) is 1.61. The smallest absolute Gasteiger partial charge is 0.243 e. The summed E-state index contributed by atoms with van der Waals surface area (Å²) >= 11 is 0. The average Bonchev–Trinajstić information content (AvgIpc) is 2.75. The van der Waals surface area contributed by atoms with Crippen LogP contribution >= 0.6 is 0 Å². The molecular weight excluding hydrogens is 364 g/mol. The molecule has 2 N–H and O–H groups in total. The number of nitrogens with one attached hydrogen (secondary N) is 2. The summed E-state index contributed by atoms with van der Waals surface area (Å²) in [6, 6.07) is 14.9. The Hall–Kier alpha value is -2.95. The van der Waals surface area contributed by atoms with Crippen LogP contribution in [-0.2, 0) is 4.79 Å². The molecule has 0 aliphatic rings. The number of anilines is 2. The van der Waals surface area contributed by atoms with Gasteiger partial charge in [-0.25, -0.2) is 0 Å². The van der Waals surface area contributed by atoms with Crippen LogP contribution in [0.1, 0.15) is 39.0 Å². The molecule has 156 valence electrons. The predicted molar refractivity (Wildman–Crippen MR) is 120 cm³/mol. The highest BCUT2D eigenvalue weighted by Crippen LogP contribution is 2.17. The van der Waals surface area contributed by atoms with E-state index in [4.69, 9.17) is 9.47 Å². The Bertz CT molecular complexity index is 727. The zero-order chi connectivity index (χ0) is 20.7. The molecule has 0 aromatic heterocycles. The van der Waals surface area contributed by atoms with E-state index in [1.54, 1.807) is 6.08 Å². The van der Waals surface area contributed by atoms with E-state index < -0.39 is 0 Å². The van der Waals surface area contributed by atoms with Gasteiger partial charge in [-0.15, -0.1) is 0 Å². The lowest BCUT2D eigenvalue weighted by atomic mass is 10.2. The van der Waals surface area contributed by atoms with Crippen LogP contribution in [0.3, 0.4) is 0 Å². The van der Waals surface area contributed by atoms with Crippen LogP contribution in [0.25, 0.3) is 0 Å². The van der Waals surface area contributed by atoms with E-state index in [9.17, 15) is 4.79 Å². The van der Waals surface area contributed by atoms with Gasteiger partial charge in [0, 0.05) is 11.4 Å². The first kappa shape index (κ1) is 22.3. The van der Waals surface area contributed by atoms with Gasteiger partial charge in [-0.3, -0.25) is 4.79 Å². The maximum absolute atomic E-state index is 12.1. The molecular formula is C24H32N2O3. The van der Waals surface area contributed by atoms with E-state index >= 15 is 0 Å². The van der Waals surface area contributed by atoms with Gasteiger partial charge in [-0.05, 0) is 55.0 Å². The molecule has 0 saturated carbocycles. The van der Waals surface area contributed by atoms with Gasteiger partial charge in [0.15, 0.2) is 0 Å². The Morgan fingerprint density at radius 2 is 1.52 bits per heavy atom. The highest BCUT2D eigenvalue weighted by Gasteiger charge is 2.03. The zero-order valence-corrected chi connectivity index (χ0v) is 17.3. The van der Waals surface area contributed by atoms with Crippen LogP contribution in [0.2, 0.25) is 0 Å². The Morgan fingerprint density at radius 1 is 0.897 bits per heavy atom. The third-order valence-electron chi connectivity index (χ3n) is 4.33. The molecule has 0 atom stereocenters. The highest BCUT2D eigenvalue weighted by molar-refractivity contribution is 5.93. The summed E-state index contributed by atoms with van der Waals surface area (Å²) in [6.07, 6.45) is 7.79. The minimum absolute atomic E-state index is 0.110. The van der Waals surface area contributed by atoms with Gasteiger partial charge >= 0.3 is 0 Å². The van der Waals surface area contributed by atoms with Gasteiger partial charge in [-0.1, -0.05) is 45.3 Å². The molecule has 0 bridgehead atoms. The lowest BCUT2D eigenvalue weighted by Gasteiger charge is -2.10. The Morgan fingerprint density at radius 3 is 2.17 bits per heavy atom. The fourth-order valence-corrected chi connectivity index (χ4v) is 2.74. The molecule has 0 heterocycles. The van der Waals surface area contributed by atoms with Crippen LogP contribution < -0.4 is 20.1 Å². The van der Waals surface area contributed by atoms with Gasteiger partial charge in [0.25, 0.3) is 0 Å². The molecule has 0 spiro atoms. The van der Waals surface area contributed by atoms with Crippen molar-refractivity contribution in [2.45, 2.75) is 39.0 Å². The summed E-state index contributed by atoms with van der Waals surface area (Å²) in [5.74, 6) is 1.49. The van der Waals surface area contributed by atoms with Gasteiger partial charge in [0.05, 0.1) is 13.2 Å². The monoisotopic (exact) mass is 396 g/mol. The number of hydrogen-bond donors (Lipinski definition) is 2. The largest absolute Gasteiger partial charge is 0.494 e. The van der Waals surface area contributed by atoms with Crippen molar-refractivity contribution in [3.8, 4) is 11.5 Å². The first-order valence-electron chi connectivity index (χ1n) is 10.3. The van der Waals surface area contributed by atoms with E-state index in [1.165, 1.54) is 25.7 Å². The number of carbonyl (C=O) groups is 1. The van der Waals surface area contributed by atoms with Gasteiger partial charge in [0.2, 0.25) is 5.91 Å². The first-order chi connectivity index (χ1) is 14.2. The lowest BCUT2D eigenvalue weighted by molar-refractivity contribution is -0.114. The normalized spacial score (nSPS) is 10.2. The number of hydrogen-bond acceptors (Lipinski definition) is 4. The van der Waals surface area contributed by atoms with Gasteiger partial charge < -0.3 is 20.1 Å². The van der Waals surface area contributed by atoms with E-state index in [0.29, 0.717) is 6.61 Å². The average molecular weight is 397 g/mol. The van der Waals surface area contributed by atoms with Gasteiger partial charge in [0.1, 0.15) is 18.1 Å². The maximum atomic E-state index is 12.1. The second-order valence-corrected chi connectivity index (χ2v) is 6.81. The molecule has 0 unspecified atom stereocenters. The van der Waals surface area contributed by atoms with Crippen LogP contribution in [-0.4, -0.2) is 25.7 Å². The van der Waals surface area contributed by atoms with Crippen molar-refractivity contribution in [1.29, 1.82) is 0 Å². The van der Waals surface area contributed by atoms with Crippen molar-refractivity contribution < 1.29 is 14.3 Å². The summed E-state index contributed by atoms with van der Waals surface area (Å²) in [7, 11) is 0. The van der Waals surface area contributed by atoms with Crippen molar-refractivity contribution in [3.05, 3.63) is 61.2 Å². The fraction of sp³-hybridized carbons (Fsp3) is 0.375. The summed E-state index contributed by atoms with van der Waals surface area (Å²) < 4.78 is 11.2. The molecule has 0 aliphatic carbocycles. The second kappa shape index (κ2) is 13.3. The molecule has 1 amide bonds. The number of rotatable bonds is 14. The molecule has 0 radical (unpaired) electrons. The third-order valence-corrected chi connectivity index (χ3v) is 4.33. The van der Waals surface area contributed by atoms with Crippen molar-refractivity contribution >= 4 is 17.3 Å². The topological polar surface area (TPSA) is 59.6 Å². The zero-order valence-electron chi connectivity index (χ0n) is 17.3.